The number of carbonyl (C=O) groups excluding carboxylic acids is 1. The SMILES string of the molecule is O=C1Nc2ccccc2C1=Cc1c[nH]c2ccc([N+](=O)[O-])cc12. The minimum Gasteiger partial charge on any atom is -0.361 e. The first-order valence-corrected chi connectivity index (χ1v) is 7.01. The van der Waals surface area contributed by atoms with Gasteiger partial charge in [-0.1, -0.05) is 18.2 Å². The number of benzene rings is 2. The summed E-state index contributed by atoms with van der Waals surface area (Å²) in [5.41, 5.74) is 3.70. The number of fused-ring (bicyclic) bond motifs is 2. The summed E-state index contributed by atoms with van der Waals surface area (Å²) in [6.07, 6.45) is 3.50. The zero-order valence-electron chi connectivity index (χ0n) is 11.9. The molecule has 0 saturated carbocycles. The molecule has 0 atom stereocenters. The van der Waals surface area contributed by atoms with Crippen molar-refractivity contribution in [1.29, 1.82) is 0 Å². The van der Waals surface area contributed by atoms with Crippen LogP contribution in [0.25, 0.3) is 22.6 Å². The molecule has 1 aliphatic rings. The van der Waals surface area contributed by atoms with Gasteiger partial charge in [-0.05, 0) is 18.2 Å². The van der Waals surface area contributed by atoms with Crippen LogP contribution in [0.5, 0.6) is 0 Å². The van der Waals surface area contributed by atoms with Crippen molar-refractivity contribution < 1.29 is 9.72 Å². The van der Waals surface area contributed by atoms with Gasteiger partial charge in [-0.2, -0.15) is 0 Å². The van der Waals surface area contributed by atoms with Crippen molar-refractivity contribution >= 4 is 39.8 Å². The lowest BCUT2D eigenvalue weighted by Gasteiger charge is -1.98. The summed E-state index contributed by atoms with van der Waals surface area (Å²) in [6.45, 7) is 0. The summed E-state index contributed by atoms with van der Waals surface area (Å²) in [5.74, 6) is -0.175. The number of hydrogen-bond acceptors (Lipinski definition) is 3. The predicted molar refractivity (Wildman–Crippen MR) is 87.9 cm³/mol. The lowest BCUT2D eigenvalue weighted by molar-refractivity contribution is -0.384. The summed E-state index contributed by atoms with van der Waals surface area (Å²) in [7, 11) is 0. The van der Waals surface area contributed by atoms with Crippen LogP contribution in [-0.2, 0) is 4.79 Å². The molecule has 0 saturated heterocycles. The van der Waals surface area contributed by atoms with Gasteiger partial charge < -0.3 is 10.3 Å². The van der Waals surface area contributed by atoms with Crippen LogP contribution in [0.2, 0.25) is 0 Å². The molecular weight excluding hydrogens is 294 g/mol. The van der Waals surface area contributed by atoms with Crippen LogP contribution >= 0.6 is 0 Å². The Balaban J connectivity index is 1.88. The summed E-state index contributed by atoms with van der Waals surface area (Å²) < 4.78 is 0. The van der Waals surface area contributed by atoms with Gasteiger partial charge in [-0.3, -0.25) is 14.9 Å². The molecule has 0 unspecified atom stereocenters. The number of para-hydroxylation sites is 1. The van der Waals surface area contributed by atoms with Crippen molar-refractivity contribution in [3.05, 3.63) is 69.9 Å². The van der Waals surface area contributed by atoms with E-state index in [0.717, 1.165) is 22.3 Å². The highest BCUT2D eigenvalue weighted by molar-refractivity contribution is 6.35. The standard InChI is InChI=1S/C17H11N3O3/c21-17-14(12-3-1-2-4-16(12)19-17)7-10-9-18-15-6-5-11(20(22)23)8-13(10)15/h1-9,18H,(H,19,21). The number of non-ortho nitro benzene ring substituents is 1. The van der Waals surface area contributed by atoms with Gasteiger partial charge >= 0.3 is 0 Å². The van der Waals surface area contributed by atoms with Crippen LogP contribution in [0.1, 0.15) is 11.1 Å². The fourth-order valence-corrected chi connectivity index (χ4v) is 2.80. The molecule has 0 aliphatic carbocycles. The highest BCUT2D eigenvalue weighted by Crippen LogP contribution is 2.34. The normalized spacial score (nSPS) is 15.0. The number of aromatic amines is 1. The molecule has 0 spiro atoms. The number of hydrogen-bond donors (Lipinski definition) is 2. The maximum Gasteiger partial charge on any atom is 0.270 e. The van der Waals surface area contributed by atoms with E-state index in [-0.39, 0.29) is 11.6 Å². The Hall–Kier alpha value is -3.41. The Morgan fingerprint density at radius 2 is 1.96 bits per heavy atom. The van der Waals surface area contributed by atoms with Gasteiger partial charge in [0.25, 0.3) is 11.6 Å². The molecule has 0 radical (unpaired) electrons. The molecule has 2 heterocycles. The highest BCUT2D eigenvalue weighted by atomic mass is 16.6. The number of nitro benzene ring substituents is 1. The van der Waals surface area contributed by atoms with Crippen molar-refractivity contribution in [3.63, 3.8) is 0 Å². The zero-order valence-corrected chi connectivity index (χ0v) is 11.9. The third-order valence-corrected chi connectivity index (χ3v) is 3.92. The first kappa shape index (κ1) is 13.3. The van der Waals surface area contributed by atoms with E-state index in [4.69, 9.17) is 0 Å². The third kappa shape index (κ3) is 2.08. The van der Waals surface area contributed by atoms with Gasteiger partial charge in [-0.15, -0.1) is 0 Å². The third-order valence-electron chi connectivity index (χ3n) is 3.92. The van der Waals surface area contributed by atoms with Crippen molar-refractivity contribution in [1.82, 2.24) is 4.98 Å². The first-order chi connectivity index (χ1) is 11.1. The van der Waals surface area contributed by atoms with Crippen molar-refractivity contribution in [2.75, 3.05) is 5.32 Å². The molecule has 4 rings (SSSR count). The van der Waals surface area contributed by atoms with E-state index < -0.39 is 4.92 Å². The Morgan fingerprint density at radius 3 is 2.78 bits per heavy atom. The molecule has 6 nitrogen and oxygen atoms in total. The highest BCUT2D eigenvalue weighted by Gasteiger charge is 2.23. The Morgan fingerprint density at radius 1 is 1.13 bits per heavy atom. The first-order valence-electron chi connectivity index (χ1n) is 7.01. The fraction of sp³-hybridized carbons (Fsp3) is 0. The number of rotatable bonds is 2. The average Bonchev–Trinajstić information content (AvgIpc) is 3.09. The Kier molecular flexibility index (Phi) is 2.77. The Bertz CT molecular complexity index is 1000. The summed E-state index contributed by atoms with van der Waals surface area (Å²) in [6, 6.07) is 12.1. The number of nitrogens with zero attached hydrogens (tertiary/aromatic N) is 1. The molecule has 2 N–H and O–H groups in total. The minimum absolute atomic E-state index is 0.0213. The summed E-state index contributed by atoms with van der Waals surface area (Å²) in [4.78, 5) is 25.8. The molecular formula is C17H11N3O3. The van der Waals surface area contributed by atoms with E-state index in [1.807, 2.05) is 24.3 Å². The molecule has 112 valence electrons. The van der Waals surface area contributed by atoms with Gasteiger partial charge in [0.05, 0.1) is 4.92 Å². The topological polar surface area (TPSA) is 88.0 Å². The van der Waals surface area contributed by atoms with Crippen LogP contribution in [0.4, 0.5) is 11.4 Å². The second-order valence-corrected chi connectivity index (χ2v) is 5.29. The second-order valence-electron chi connectivity index (χ2n) is 5.29. The van der Waals surface area contributed by atoms with Gasteiger partial charge in [-0.25, -0.2) is 0 Å². The van der Waals surface area contributed by atoms with E-state index >= 15 is 0 Å². The average molecular weight is 305 g/mol. The smallest absolute Gasteiger partial charge is 0.270 e. The second kappa shape index (κ2) is 4.81. The molecule has 0 fully saturated rings. The molecule has 6 heteroatoms. The van der Waals surface area contributed by atoms with Crippen molar-refractivity contribution in [3.8, 4) is 0 Å². The van der Waals surface area contributed by atoms with Crippen LogP contribution in [0, 0.1) is 10.1 Å². The van der Waals surface area contributed by atoms with Gasteiger partial charge in [0.1, 0.15) is 0 Å². The Labute approximate surface area is 130 Å². The van der Waals surface area contributed by atoms with Crippen LogP contribution in [0.15, 0.2) is 48.7 Å². The maximum absolute atomic E-state index is 12.2. The van der Waals surface area contributed by atoms with Crippen LogP contribution < -0.4 is 5.32 Å². The number of nitrogens with one attached hydrogen (secondary N) is 2. The van der Waals surface area contributed by atoms with Gasteiger partial charge in [0, 0.05) is 51.6 Å². The van der Waals surface area contributed by atoms with Crippen LogP contribution in [-0.4, -0.2) is 15.8 Å². The fourth-order valence-electron chi connectivity index (χ4n) is 2.80. The number of anilines is 1. The number of carbonyl (C=O) groups is 1. The number of H-pyrrole nitrogens is 1. The quantitative estimate of drug-likeness (QED) is 0.431. The largest absolute Gasteiger partial charge is 0.361 e. The van der Waals surface area contributed by atoms with Gasteiger partial charge in [0.2, 0.25) is 0 Å². The molecule has 2 aromatic carbocycles. The predicted octanol–water partition coefficient (Wildman–Crippen LogP) is 3.57. The lowest BCUT2D eigenvalue weighted by atomic mass is 10.0. The molecule has 0 bridgehead atoms. The number of amides is 1. The molecule has 23 heavy (non-hydrogen) atoms. The minimum atomic E-state index is -0.430. The van der Waals surface area contributed by atoms with E-state index in [1.54, 1.807) is 18.3 Å². The number of aromatic nitrogens is 1. The number of nitro groups is 1. The molecule has 1 amide bonds. The van der Waals surface area contributed by atoms with Crippen LogP contribution in [0.3, 0.4) is 0 Å². The monoisotopic (exact) mass is 305 g/mol. The summed E-state index contributed by atoms with van der Waals surface area (Å²) in [5, 5.41) is 14.5. The van der Waals surface area contributed by atoms with E-state index in [1.165, 1.54) is 12.1 Å². The van der Waals surface area contributed by atoms with Crippen molar-refractivity contribution in [2.24, 2.45) is 0 Å². The summed E-state index contributed by atoms with van der Waals surface area (Å²) >= 11 is 0. The zero-order chi connectivity index (χ0) is 16.0. The van der Waals surface area contributed by atoms with Crippen molar-refractivity contribution in [2.45, 2.75) is 0 Å². The molecule has 3 aromatic rings. The van der Waals surface area contributed by atoms with Gasteiger partial charge in [0.15, 0.2) is 0 Å². The van der Waals surface area contributed by atoms with E-state index in [9.17, 15) is 14.9 Å². The van der Waals surface area contributed by atoms with E-state index in [2.05, 4.69) is 10.3 Å². The molecule has 1 aromatic heterocycles. The van der Waals surface area contributed by atoms with E-state index in [0.29, 0.717) is 11.0 Å². The molecule has 1 aliphatic heterocycles. The maximum atomic E-state index is 12.2. The lowest BCUT2D eigenvalue weighted by Crippen LogP contribution is -2.03.